The van der Waals surface area contributed by atoms with Gasteiger partial charge in [0, 0.05) is 24.7 Å². The average Bonchev–Trinajstić information content (AvgIpc) is 2.91. The summed E-state index contributed by atoms with van der Waals surface area (Å²) in [5.74, 6) is 0.0563. The predicted octanol–water partition coefficient (Wildman–Crippen LogP) is 1.19. The number of urea groups is 1. The van der Waals surface area contributed by atoms with Crippen molar-refractivity contribution in [3.63, 3.8) is 0 Å². The van der Waals surface area contributed by atoms with E-state index in [1.54, 1.807) is 4.90 Å². The maximum atomic E-state index is 12.1. The summed E-state index contributed by atoms with van der Waals surface area (Å²) < 4.78 is 0. The highest BCUT2D eigenvalue weighted by Gasteiger charge is 2.31. The topological polar surface area (TPSA) is 64.7 Å². The molecular weight excluding hydrogens is 292 g/mol. The molecule has 0 bridgehead atoms. The van der Waals surface area contributed by atoms with Crippen LogP contribution in [0.3, 0.4) is 0 Å². The monoisotopic (exact) mass is 316 g/mol. The van der Waals surface area contributed by atoms with Gasteiger partial charge in [-0.3, -0.25) is 4.79 Å². The van der Waals surface area contributed by atoms with Crippen LogP contribution in [0.15, 0.2) is 30.3 Å². The van der Waals surface area contributed by atoms with Crippen LogP contribution in [-0.4, -0.2) is 55.6 Å². The molecule has 3 rings (SSSR count). The molecule has 0 aliphatic carbocycles. The van der Waals surface area contributed by atoms with Gasteiger partial charge in [0.1, 0.15) is 0 Å². The van der Waals surface area contributed by atoms with Crippen molar-refractivity contribution in [1.29, 1.82) is 0 Å². The van der Waals surface area contributed by atoms with Crippen molar-refractivity contribution in [3.8, 4) is 0 Å². The van der Waals surface area contributed by atoms with Crippen molar-refractivity contribution in [1.82, 2.24) is 15.5 Å². The van der Waals surface area contributed by atoms with Crippen LogP contribution in [0.4, 0.5) is 10.5 Å². The maximum absolute atomic E-state index is 12.1. The van der Waals surface area contributed by atoms with E-state index in [2.05, 4.69) is 22.6 Å². The maximum Gasteiger partial charge on any atom is 0.315 e. The number of hydrogen-bond donors (Lipinski definition) is 2. The first-order valence-corrected chi connectivity index (χ1v) is 8.23. The molecule has 0 radical (unpaired) electrons. The summed E-state index contributed by atoms with van der Waals surface area (Å²) in [4.78, 5) is 28.3. The molecular formula is C17H24N4O2. The lowest BCUT2D eigenvalue weighted by molar-refractivity contribution is -0.117. The minimum absolute atomic E-state index is 0.0563. The number of carbonyl (C=O) groups excluding carboxylic acids is 2. The Bertz CT molecular complexity index is 555. The number of carbonyl (C=O) groups is 2. The van der Waals surface area contributed by atoms with Gasteiger partial charge in [-0.15, -0.1) is 0 Å². The number of nitrogens with one attached hydrogen (secondary N) is 2. The molecule has 23 heavy (non-hydrogen) atoms. The second kappa shape index (κ2) is 7.00. The number of nitrogens with zero attached hydrogens (tertiary/aromatic N) is 2. The summed E-state index contributed by atoms with van der Waals surface area (Å²) in [5.41, 5.74) is 0.887. The standard InChI is InChI=1S/C17H24N4O2/c1-20-9-7-13(8-10-20)18-17(23)19-14-11-16(22)21(12-14)15-5-3-2-4-6-15/h2-6,13-14H,7-12H2,1H3,(H2,18,19,23). The largest absolute Gasteiger partial charge is 0.335 e. The van der Waals surface area contributed by atoms with E-state index in [0.717, 1.165) is 31.6 Å². The zero-order chi connectivity index (χ0) is 16.2. The molecule has 1 unspecified atom stereocenters. The van der Waals surface area contributed by atoms with Crippen molar-refractivity contribution in [2.24, 2.45) is 0 Å². The molecule has 2 aliphatic heterocycles. The molecule has 0 saturated carbocycles. The van der Waals surface area contributed by atoms with Crippen molar-refractivity contribution in [2.45, 2.75) is 31.3 Å². The Hall–Kier alpha value is -2.08. The van der Waals surface area contributed by atoms with Crippen molar-refractivity contribution < 1.29 is 9.59 Å². The highest BCUT2D eigenvalue weighted by Crippen LogP contribution is 2.21. The number of para-hydroxylation sites is 1. The Morgan fingerprint density at radius 3 is 2.43 bits per heavy atom. The molecule has 2 fully saturated rings. The molecule has 3 amide bonds. The fourth-order valence-corrected chi connectivity index (χ4v) is 3.23. The highest BCUT2D eigenvalue weighted by molar-refractivity contribution is 5.96. The quantitative estimate of drug-likeness (QED) is 0.880. The number of anilines is 1. The van der Waals surface area contributed by atoms with Gasteiger partial charge in [-0.25, -0.2) is 4.79 Å². The smallest absolute Gasteiger partial charge is 0.315 e. The average molecular weight is 316 g/mol. The second-order valence-corrected chi connectivity index (χ2v) is 6.44. The Labute approximate surface area is 136 Å². The van der Waals surface area contributed by atoms with Crippen molar-refractivity contribution in [2.75, 3.05) is 31.6 Å². The molecule has 2 heterocycles. The lowest BCUT2D eigenvalue weighted by Gasteiger charge is -2.29. The summed E-state index contributed by atoms with van der Waals surface area (Å²) >= 11 is 0. The van der Waals surface area contributed by atoms with Gasteiger partial charge in [-0.1, -0.05) is 18.2 Å². The van der Waals surface area contributed by atoms with E-state index in [4.69, 9.17) is 0 Å². The lowest BCUT2D eigenvalue weighted by Crippen LogP contribution is -2.50. The summed E-state index contributed by atoms with van der Waals surface area (Å²) in [6, 6.07) is 9.52. The molecule has 124 valence electrons. The number of piperidine rings is 1. The minimum atomic E-state index is -0.160. The van der Waals surface area contributed by atoms with Crippen LogP contribution >= 0.6 is 0 Å². The lowest BCUT2D eigenvalue weighted by atomic mass is 10.1. The third-order valence-corrected chi connectivity index (χ3v) is 4.58. The van der Waals surface area contributed by atoms with E-state index in [1.165, 1.54) is 0 Å². The summed E-state index contributed by atoms with van der Waals surface area (Å²) in [7, 11) is 2.10. The van der Waals surface area contributed by atoms with Gasteiger partial charge in [-0.05, 0) is 45.1 Å². The summed E-state index contributed by atoms with van der Waals surface area (Å²) in [5, 5.41) is 5.97. The van der Waals surface area contributed by atoms with Gasteiger partial charge in [0.15, 0.2) is 0 Å². The van der Waals surface area contributed by atoms with Crippen LogP contribution in [0, 0.1) is 0 Å². The van der Waals surface area contributed by atoms with E-state index >= 15 is 0 Å². The minimum Gasteiger partial charge on any atom is -0.335 e. The molecule has 2 saturated heterocycles. The molecule has 2 aliphatic rings. The first kappa shape index (κ1) is 15.8. The predicted molar refractivity (Wildman–Crippen MR) is 89.4 cm³/mol. The first-order chi connectivity index (χ1) is 11.1. The Kier molecular flexibility index (Phi) is 4.81. The van der Waals surface area contributed by atoms with Crippen LogP contribution in [-0.2, 0) is 4.79 Å². The summed E-state index contributed by atoms with van der Waals surface area (Å²) in [6.45, 7) is 2.55. The Morgan fingerprint density at radius 1 is 1.09 bits per heavy atom. The van der Waals surface area contributed by atoms with E-state index in [1.807, 2.05) is 30.3 Å². The van der Waals surface area contributed by atoms with E-state index in [-0.39, 0.29) is 24.0 Å². The fraction of sp³-hybridized carbons (Fsp3) is 0.529. The van der Waals surface area contributed by atoms with Gasteiger partial charge < -0.3 is 20.4 Å². The number of amides is 3. The molecule has 1 aromatic rings. The van der Waals surface area contributed by atoms with Gasteiger partial charge in [0.25, 0.3) is 0 Å². The highest BCUT2D eigenvalue weighted by atomic mass is 16.2. The fourth-order valence-electron chi connectivity index (χ4n) is 3.23. The molecule has 0 aromatic heterocycles. The van der Waals surface area contributed by atoms with Crippen molar-refractivity contribution in [3.05, 3.63) is 30.3 Å². The zero-order valence-electron chi connectivity index (χ0n) is 13.5. The SMILES string of the molecule is CN1CCC(NC(=O)NC2CC(=O)N(c3ccccc3)C2)CC1. The molecule has 2 N–H and O–H groups in total. The molecule has 0 spiro atoms. The van der Waals surface area contributed by atoms with E-state index in [9.17, 15) is 9.59 Å². The normalized spacial score (nSPS) is 23.1. The van der Waals surface area contributed by atoms with Gasteiger partial charge in [-0.2, -0.15) is 0 Å². The van der Waals surface area contributed by atoms with E-state index < -0.39 is 0 Å². The Balaban J connectivity index is 1.49. The van der Waals surface area contributed by atoms with Gasteiger partial charge >= 0.3 is 6.03 Å². The van der Waals surface area contributed by atoms with Crippen LogP contribution < -0.4 is 15.5 Å². The van der Waals surface area contributed by atoms with E-state index in [0.29, 0.717) is 13.0 Å². The zero-order valence-corrected chi connectivity index (χ0v) is 13.5. The third-order valence-electron chi connectivity index (χ3n) is 4.58. The summed E-state index contributed by atoms with van der Waals surface area (Å²) in [6.07, 6.45) is 2.31. The number of hydrogen-bond acceptors (Lipinski definition) is 3. The first-order valence-electron chi connectivity index (χ1n) is 8.23. The van der Waals surface area contributed by atoms with Gasteiger partial charge in [0.05, 0.1) is 6.04 Å². The van der Waals surface area contributed by atoms with Crippen LogP contribution in [0.1, 0.15) is 19.3 Å². The van der Waals surface area contributed by atoms with Gasteiger partial charge in [0.2, 0.25) is 5.91 Å². The molecule has 6 nitrogen and oxygen atoms in total. The van der Waals surface area contributed by atoms with Crippen molar-refractivity contribution >= 4 is 17.6 Å². The molecule has 1 aromatic carbocycles. The van der Waals surface area contributed by atoms with Crippen LogP contribution in [0.2, 0.25) is 0 Å². The second-order valence-electron chi connectivity index (χ2n) is 6.44. The molecule has 1 atom stereocenters. The third kappa shape index (κ3) is 4.01. The van der Waals surface area contributed by atoms with Crippen LogP contribution in [0.25, 0.3) is 0 Å². The number of benzene rings is 1. The van der Waals surface area contributed by atoms with Crippen LogP contribution in [0.5, 0.6) is 0 Å². The number of rotatable bonds is 3. The molecule has 6 heteroatoms. The Morgan fingerprint density at radius 2 is 1.74 bits per heavy atom. The number of likely N-dealkylation sites (tertiary alicyclic amines) is 1.